The molecule has 0 fully saturated rings. The van der Waals surface area contributed by atoms with Crippen LogP contribution in [0.25, 0.3) is 10.9 Å². The summed E-state index contributed by atoms with van der Waals surface area (Å²) in [6.07, 6.45) is 4.67. The average Bonchev–Trinajstić information content (AvgIpc) is 2.95. The van der Waals surface area contributed by atoms with E-state index in [2.05, 4.69) is 22.3 Å². The quantitative estimate of drug-likeness (QED) is 0.761. The van der Waals surface area contributed by atoms with Crippen LogP contribution >= 0.6 is 0 Å². The zero-order chi connectivity index (χ0) is 16.4. The van der Waals surface area contributed by atoms with Gasteiger partial charge in [0, 0.05) is 48.5 Å². The van der Waals surface area contributed by atoms with Crippen LogP contribution in [0.5, 0.6) is 0 Å². The van der Waals surface area contributed by atoms with Gasteiger partial charge in [-0.1, -0.05) is 13.0 Å². The predicted molar refractivity (Wildman–Crippen MR) is 87.6 cm³/mol. The van der Waals surface area contributed by atoms with Crippen molar-refractivity contribution >= 4 is 10.9 Å². The second kappa shape index (κ2) is 6.34. The molecule has 5 nitrogen and oxygen atoms in total. The number of hydrogen-bond acceptors (Lipinski definition) is 3. The summed E-state index contributed by atoms with van der Waals surface area (Å²) in [6.45, 7) is 2.53. The van der Waals surface area contributed by atoms with E-state index in [1.54, 1.807) is 16.8 Å². The molecule has 0 spiro atoms. The van der Waals surface area contributed by atoms with E-state index in [4.69, 9.17) is 0 Å². The lowest BCUT2D eigenvalue weighted by molar-refractivity contribution is 0.514. The van der Waals surface area contributed by atoms with E-state index < -0.39 is 5.82 Å². The van der Waals surface area contributed by atoms with Crippen LogP contribution in [0, 0.1) is 5.82 Å². The number of aromatic nitrogens is 3. The first kappa shape index (κ1) is 15.4. The third-order valence-corrected chi connectivity index (χ3v) is 3.94. The zero-order valence-electron chi connectivity index (χ0n) is 13.1. The Morgan fingerprint density at radius 2 is 2.26 bits per heavy atom. The van der Waals surface area contributed by atoms with Crippen molar-refractivity contribution in [1.82, 2.24) is 20.1 Å². The summed E-state index contributed by atoms with van der Waals surface area (Å²) in [5.41, 5.74) is 1.83. The summed E-state index contributed by atoms with van der Waals surface area (Å²) in [5.74, 6) is -0.416. The van der Waals surface area contributed by atoms with Gasteiger partial charge < -0.3 is 10.3 Å². The Morgan fingerprint density at radius 3 is 2.96 bits per heavy atom. The van der Waals surface area contributed by atoms with Crippen molar-refractivity contribution in [2.24, 2.45) is 7.05 Å². The van der Waals surface area contributed by atoms with Gasteiger partial charge in [0.25, 0.3) is 0 Å². The fraction of sp³-hybridized carbons (Fsp3) is 0.294. The molecule has 2 aromatic heterocycles. The van der Waals surface area contributed by atoms with Gasteiger partial charge in [-0.15, -0.1) is 0 Å². The highest BCUT2D eigenvalue weighted by Crippen LogP contribution is 2.17. The Hall–Kier alpha value is -2.47. The number of benzene rings is 1. The first-order chi connectivity index (χ1) is 11.1. The third-order valence-electron chi connectivity index (χ3n) is 3.94. The lowest BCUT2D eigenvalue weighted by atomic mass is 10.1. The molecule has 0 aliphatic rings. The molecule has 0 saturated carbocycles. The molecule has 3 rings (SSSR count). The third kappa shape index (κ3) is 3.17. The number of rotatable bonds is 5. The van der Waals surface area contributed by atoms with Gasteiger partial charge in [0.1, 0.15) is 5.82 Å². The molecule has 2 heterocycles. The SMILES string of the molecule is CC[C@H](NCc1cc(=O)c2cccc(F)c2[nH]1)c1cnn(C)c1. The van der Waals surface area contributed by atoms with E-state index in [9.17, 15) is 9.18 Å². The molecule has 0 unspecified atom stereocenters. The standard InChI is InChI=1S/C17H19FN4O/c1-3-15(11-8-20-22(2)10-11)19-9-12-7-16(23)13-5-4-6-14(18)17(13)21-12/h4-8,10,15,19H,3,9H2,1-2H3,(H,21,23)/t15-/m0/s1. The molecule has 0 saturated heterocycles. The first-order valence-corrected chi connectivity index (χ1v) is 7.61. The predicted octanol–water partition coefficient (Wildman–Crippen LogP) is 2.64. The Morgan fingerprint density at radius 1 is 1.43 bits per heavy atom. The second-order valence-corrected chi connectivity index (χ2v) is 5.61. The summed E-state index contributed by atoms with van der Waals surface area (Å²) < 4.78 is 15.6. The van der Waals surface area contributed by atoms with Crippen molar-refractivity contribution in [3.05, 3.63) is 64.0 Å². The number of pyridine rings is 1. The van der Waals surface area contributed by atoms with Crippen LogP contribution in [0.2, 0.25) is 0 Å². The van der Waals surface area contributed by atoms with Gasteiger partial charge in [-0.3, -0.25) is 9.48 Å². The van der Waals surface area contributed by atoms with Crippen LogP contribution in [0.4, 0.5) is 4.39 Å². The van der Waals surface area contributed by atoms with Gasteiger partial charge in [0.2, 0.25) is 0 Å². The second-order valence-electron chi connectivity index (χ2n) is 5.61. The van der Waals surface area contributed by atoms with Gasteiger partial charge in [-0.25, -0.2) is 4.39 Å². The van der Waals surface area contributed by atoms with Crippen LogP contribution in [-0.4, -0.2) is 14.8 Å². The topological polar surface area (TPSA) is 62.7 Å². The molecule has 0 amide bonds. The van der Waals surface area contributed by atoms with E-state index in [0.29, 0.717) is 17.6 Å². The molecule has 6 heteroatoms. The minimum absolute atomic E-state index is 0.128. The number of para-hydroxylation sites is 1. The molecule has 1 atom stereocenters. The number of nitrogens with one attached hydrogen (secondary N) is 2. The number of H-pyrrole nitrogens is 1. The lowest BCUT2D eigenvalue weighted by Crippen LogP contribution is -2.21. The fourth-order valence-electron chi connectivity index (χ4n) is 2.74. The molecular formula is C17H19FN4O. The van der Waals surface area contributed by atoms with Crippen LogP contribution in [0.15, 0.2) is 41.5 Å². The molecule has 2 N–H and O–H groups in total. The van der Waals surface area contributed by atoms with E-state index in [0.717, 1.165) is 12.0 Å². The van der Waals surface area contributed by atoms with Crippen LogP contribution in [0.3, 0.4) is 0 Å². The molecule has 0 bridgehead atoms. The van der Waals surface area contributed by atoms with E-state index >= 15 is 0 Å². The average molecular weight is 314 g/mol. The number of hydrogen-bond donors (Lipinski definition) is 2. The smallest absolute Gasteiger partial charge is 0.189 e. The molecule has 120 valence electrons. The maximum absolute atomic E-state index is 13.9. The Bertz CT molecular complexity index is 884. The normalized spacial score (nSPS) is 12.7. The van der Waals surface area contributed by atoms with Gasteiger partial charge in [0.15, 0.2) is 5.43 Å². The van der Waals surface area contributed by atoms with Gasteiger partial charge >= 0.3 is 0 Å². The molecule has 3 aromatic rings. The van der Waals surface area contributed by atoms with Crippen LogP contribution < -0.4 is 10.7 Å². The summed E-state index contributed by atoms with van der Waals surface area (Å²) in [4.78, 5) is 15.1. The molecular weight excluding hydrogens is 295 g/mol. The van der Waals surface area contributed by atoms with E-state index in [1.165, 1.54) is 12.1 Å². The van der Waals surface area contributed by atoms with Crippen molar-refractivity contribution in [3.8, 4) is 0 Å². The Balaban J connectivity index is 1.84. The highest BCUT2D eigenvalue weighted by molar-refractivity contribution is 5.78. The van der Waals surface area contributed by atoms with Gasteiger partial charge in [-0.2, -0.15) is 5.10 Å². The van der Waals surface area contributed by atoms with Crippen molar-refractivity contribution in [2.75, 3.05) is 0 Å². The molecule has 1 aromatic carbocycles. The summed E-state index contributed by atoms with van der Waals surface area (Å²) in [6, 6.07) is 6.16. The lowest BCUT2D eigenvalue weighted by Gasteiger charge is -2.15. The maximum atomic E-state index is 13.9. The van der Waals surface area contributed by atoms with Crippen molar-refractivity contribution in [2.45, 2.75) is 25.9 Å². The monoisotopic (exact) mass is 314 g/mol. The van der Waals surface area contributed by atoms with Crippen LogP contribution in [-0.2, 0) is 13.6 Å². The van der Waals surface area contributed by atoms with E-state index in [-0.39, 0.29) is 17.0 Å². The Kier molecular flexibility index (Phi) is 4.25. The summed E-state index contributed by atoms with van der Waals surface area (Å²) >= 11 is 0. The Labute approximate surface area is 133 Å². The zero-order valence-corrected chi connectivity index (χ0v) is 13.1. The number of halogens is 1. The number of aromatic amines is 1. The largest absolute Gasteiger partial charge is 0.355 e. The van der Waals surface area contributed by atoms with Gasteiger partial charge in [0.05, 0.1) is 11.7 Å². The molecule has 0 aliphatic carbocycles. The van der Waals surface area contributed by atoms with E-state index in [1.807, 2.05) is 19.4 Å². The summed E-state index contributed by atoms with van der Waals surface area (Å²) in [5, 5.41) is 7.93. The molecule has 0 radical (unpaired) electrons. The summed E-state index contributed by atoms with van der Waals surface area (Å²) in [7, 11) is 1.87. The minimum atomic E-state index is -0.416. The first-order valence-electron chi connectivity index (χ1n) is 7.61. The highest BCUT2D eigenvalue weighted by Gasteiger charge is 2.12. The highest BCUT2D eigenvalue weighted by atomic mass is 19.1. The number of nitrogens with zero attached hydrogens (tertiary/aromatic N) is 2. The van der Waals surface area contributed by atoms with Crippen molar-refractivity contribution in [1.29, 1.82) is 0 Å². The maximum Gasteiger partial charge on any atom is 0.189 e. The minimum Gasteiger partial charge on any atom is -0.355 e. The molecule has 0 aliphatic heterocycles. The van der Waals surface area contributed by atoms with Crippen molar-refractivity contribution < 1.29 is 4.39 Å². The van der Waals surface area contributed by atoms with Crippen LogP contribution in [0.1, 0.15) is 30.6 Å². The molecule has 23 heavy (non-hydrogen) atoms. The number of fused-ring (bicyclic) bond motifs is 1. The fourth-order valence-corrected chi connectivity index (χ4v) is 2.74. The number of aryl methyl sites for hydroxylation is 1. The van der Waals surface area contributed by atoms with Crippen molar-refractivity contribution in [3.63, 3.8) is 0 Å². The van der Waals surface area contributed by atoms with Gasteiger partial charge in [-0.05, 0) is 18.6 Å².